The van der Waals surface area contributed by atoms with Crippen LogP contribution in [0.1, 0.15) is 16.8 Å². The summed E-state index contributed by atoms with van der Waals surface area (Å²) >= 11 is 0. The van der Waals surface area contributed by atoms with E-state index in [9.17, 15) is 27.5 Å². The molecule has 1 heterocycles. The van der Waals surface area contributed by atoms with Gasteiger partial charge < -0.3 is 19.3 Å². The second-order valence-corrected chi connectivity index (χ2v) is 5.27. The molecule has 1 amide bonds. The topological polar surface area (TPSA) is 80.6 Å². The van der Waals surface area contributed by atoms with Crippen molar-refractivity contribution in [3.05, 3.63) is 17.7 Å². The van der Waals surface area contributed by atoms with Gasteiger partial charge in [-0.05, 0) is 0 Å². The first kappa shape index (κ1) is 19.8. The number of rotatable bonds is 6. The summed E-state index contributed by atoms with van der Waals surface area (Å²) in [5, 5.41) is 13.2. The van der Waals surface area contributed by atoms with E-state index in [4.69, 9.17) is 14.2 Å². The first-order valence-electron chi connectivity index (χ1n) is 7.20. The van der Waals surface area contributed by atoms with Crippen LogP contribution < -0.4 is 14.2 Å². The van der Waals surface area contributed by atoms with Crippen molar-refractivity contribution in [2.75, 3.05) is 21.3 Å². The number of carbonyl (C=O) groups excluding carboxylic acids is 1. The lowest BCUT2D eigenvalue weighted by atomic mass is 10.1. The zero-order valence-corrected chi connectivity index (χ0v) is 14.0. The zero-order valence-electron chi connectivity index (χ0n) is 14.0. The lowest BCUT2D eigenvalue weighted by Crippen LogP contribution is -2.51. The number of aliphatic hydroxyl groups is 1. The Kier molecular flexibility index (Phi) is 5.59. The van der Waals surface area contributed by atoms with Crippen LogP contribution in [0.15, 0.2) is 17.2 Å². The Morgan fingerprint density at radius 3 is 2.12 bits per heavy atom. The quantitative estimate of drug-likeness (QED) is 0.765. The van der Waals surface area contributed by atoms with Gasteiger partial charge in [0.2, 0.25) is 5.72 Å². The molecule has 2 rings (SSSR count). The first-order chi connectivity index (χ1) is 12.2. The maximum atomic E-state index is 13.3. The van der Waals surface area contributed by atoms with Gasteiger partial charge in [-0.3, -0.25) is 4.79 Å². The number of hydrazone groups is 1. The van der Waals surface area contributed by atoms with Crippen LogP contribution in [0.25, 0.3) is 0 Å². The van der Waals surface area contributed by atoms with Crippen molar-refractivity contribution in [3.8, 4) is 17.2 Å². The second-order valence-electron chi connectivity index (χ2n) is 5.27. The molecule has 0 radical (unpaired) electrons. The molecule has 0 bridgehead atoms. The standard InChI is InChI=1S/C15H16F4N2O5/c1-24-9-5-11(26-3)10(25-2)4-7(9)13(22)21-15(23,14(18)19)6-8(20-21)12(16)17/h4-5,12,14,23H,6H2,1-3H3. The smallest absolute Gasteiger partial charge is 0.287 e. The van der Waals surface area contributed by atoms with Crippen LogP contribution in [0.4, 0.5) is 17.6 Å². The Labute approximate surface area is 145 Å². The van der Waals surface area contributed by atoms with E-state index >= 15 is 0 Å². The molecule has 144 valence electrons. The molecule has 11 heteroatoms. The largest absolute Gasteiger partial charge is 0.496 e. The average molecular weight is 380 g/mol. The number of amides is 1. The predicted molar refractivity (Wildman–Crippen MR) is 81.3 cm³/mol. The van der Waals surface area contributed by atoms with E-state index in [0.717, 1.165) is 6.07 Å². The third-order valence-electron chi connectivity index (χ3n) is 3.77. The van der Waals surface area contributed by atoms with Gasteiger partial charge in [0, 0.05) is 18.6 Å². The number of hydrogen-bond acceptors (Lipinski definition) is 6. The Morgan fingerprint density at radius 1 is 1.12 bits per heavy atom. The Hall–Kier alpha value is -2.56. The number of carbonyl (C=O) groups is 1. The predicted octanol–water partition coefficient (Wildman–Crippen LogP) is 2.13. The molecule has 0 aromatic heterocycles. The summed E-state index contributed by atoms with van der Waals surface area (Å²) < 4.78 is 67.4. The minimum absolute atomic E-state index is 0.0526. The van der Waals surface area contributed by atoms with E-state index in [2.05, 4.69) is 5.10 Å². The normalized spacial score (nSPS) is 19.8. The number of ether oxygens (including phenoxy) is 3. The van der Waals surface area contributed by atoms with Crippen LogP contribution in [0.2, 0.25) is 0 Å². The van der Waals surface area contributed by atoms with E-state index < -0.39 is 36.6 Å². The molecule has 1 aliphatic rings. The Bertz CT molecular complexity index is 728. The minimum Gasteiger partial charge on any atom is -0.496 e. The number of methoxy groups -OCH3 is 3. The van der Waals surface area contributed by atoms with Gasteiger partial charge in [-0.25, -0.2) is 17.6 Å². The van der Waals surface area contributed by atoms with Crippen molar-refractivity contribution < 1.29 is 41.7 Å². The number of benzene rings is 1. The van der Waals surface area contributed by atoms with Gasteiger partial charge >= 0.3 is 0 Å². The van der Waals surface area contributed by atoms with Gasteiger partial charge in [-0.1, -0.05) is 0 Å². The maximum absolute atomic E-state index is 13.3. The summed E-state index contributed by atoms with van der Waals surface area (Å²) in [6.07, 6.45) is -7.91. The van der Waals surface area contributed by atoms with E-state index in [0.29, 0.717) is 0 Å². The highest BCUT2D eigenvalue weighted by atomic mass is 19.3. The fourth-order valence-corrected chi connectivity index (χ4v) is 2.41. The Morgan fingerprint density at radius 2 is 1.65 bits per heavy atom. The molecule has 1 unspecified atom stereocenters. The lowest BCUT2D eigenvalue weighted by molar-refractivity contribution is -0.164. The fourth-order valence-electron chi connectivity index (χ4n) is 2.41. The maximum Gasteiger partial charge on any atom is 0.287 e. The molecule has 1 atom stereocenters. The molecule has 7 nitrogen and oxygen atoms in total. The summed E-state index contributed by atoms with van der Waals surface area (Å²) in [4.78, 5) is 12.7. The van der Waals surface area contributed by atoms with E-state index in [1.807, 2.05) is 0 Å². The zero-order chi connectivity index (χ0) is 19.6. The van der Waals surface area contributed by atoms with E-state index in [-0.39, 0.29) is 27.8 Å². The fraction of sp³-hybridized carbons (Fsp3) is 0.467. The molecule has 0 saturated heterocycles. The number of halogens is 4. The van der Waals surface area contributed by atoms with Crippen molar-refractivity contribution in [1.29, 1.82) is 0 Å². The molecular formula is C15H16F4N2O5. The van der Waals surface area contributed by atoms with Gasteiger partial charge in [-0.2, -0.15) is 10.1 Å². The first-order valence-corrected chi connectivity index (χ1v) is 7.20. The van der Waals surface area contributed by atoms with E-state index in [1.54, 1.807) is 0 Å². The van der Waals surface area contributed by atoms with Crippen LogP contribution in [-0.2, 0) is 0 Å². The van der Waals surface area contributed by atoms with Gasteiger partial charge in [0.05, 0.1) is 26.9 Å². The summed E-state index contributed by atoms with van der Waals surface area (Å²) in [5.74, 6) is -1.12. The second kappa shape index (κ2) is 7.36. The summed E-state index contributed by atoms with van der Waals surface area (Å²) in [7, 11) is 3.81. The minimum atomic E-state index is -3.53. The van der Waals surface area contributed by atoms with Gasteiger partial charge in [0.1, 0.15) is 11.5 Å². The van der Waals surface area contributed by atoms with Crippen LogP contribution in [0.5, 0.6) is 17.2 Å². The van der Waals surface area contributed by atoms with Crippen LogP contribution in [-0.4, -0.2) is 61.6 Å². The summed E-state index contributed by atoms with van der Waals surface area (Å²) in [5.41, 5.74) is -4.55. The van der Waals surface area contributed by atoms with Crippen molar-refractivity contribution in [2.24, 2.45) is 5.10 Å². The van der Waals surface area contributed by atoms with Gasteiger partial charge in [0.25, 0.3) is 18.8 Å². The monoisotopic (exact) mass is 380 g/mol. The van der Waals surface area contributed by atoms with Gasteiger partial charge in [0.15, 0.2) is 11.5 Å². The number of hydrogen-bond donors (Lipinski definition) is 1. The number of alkyl halides is 4. The SMILES string of the molecule is COc1cc(OC)c(C(=O)N2N=C(C(F)F)CC2(O)C(F)F)cc1OC. The molecule has 0 spiro atoms. The van der Waals surface area contributed by atoms with Gasteiger partial charge in [-0.15, -0.1) is 0 Å². The van der Waals surface area contributed by atoms with Crippen LogP contribution in [0, 0.1) is 0 Å². The summed E-state index contributed by atoms with van der Waals surface area (Å²) in [6.45, 7) is 0. The number of nitrogens with zero attached hydrogens (tertiary/aromatic N) is 2. The third-order valence-corrected chi connectivity index (χ3v) is 3.77. The molecule has 0 saturated carbocycles. The van der Waals surface area contributed by atoms with Crippen molar-refractivity contribution in [3.63, 3.8) is 0 Å². The van der Waals surface area contributed by atoms with E-state index in [1.165, 1.54) is 27.4 Å². The van der Waals surface area contributed by atoms with Crippen molar-refractivity contribution in [1.82, 2.24) is 5.01 Å². The van der Waals surface area contributed by atoms with Crippen molar-refractivity contribution >= 4 is 11.6 Å². The molecule has 26 heavy (non-hydrogen) atoms. The Balaban J connectivity index is 2.55. The molecule has 1 N–H and O–H groups in total. The highest BCUT2D eigenvalue weighted by molar-refractivity contribution is 6.01. The molecule has 1 aliphatic heterocycles. The average Bonchev–Trinajstić information content (AvgIpc) is 2.99. The highest BCUT2D eigenvalue weighted by Gasteiger charge is 2.53. The third kappa shape index (κ3) is 3.26. The van der Waals surface area contributed by atoms with Crippen LogP contribution >= 0.6 is 0 Å². The lowest BCUT2D eigenvalue weighted by Gasteiger charge is -2.30. The highest BCUT2D eigenvalue weighted by Crippen LogP contribution is 2.39. The molecule has 1 aromatic carbocycles. The van der Waals surface area contributed by atoms with Crippen molar-refractivity contribution in [2.45, 2.75) is 25.0 Å². The summed E-state index contributed by atoms with van der Waals surface area (Å²) in [6, 6.07) is 2.36. The molecule has 0 fully saturated rings. The van der Waals surface area contributed by atoms with Crippen LogP contribution in [0.3, 0.4) is 0 Å². The molecule has 0 aliphatic carbocycles. The molecular weight excluding hydrogens is 364 g/mol. The molecule has 1 aromatic rings.